The Morgan fingerprint density at radius 1 is 1.59 bits per heavy atom. The number of halogens is 1. The van der Waals surface area contributed by atoms with E-state index in [0.29, 0.717) is 18.7 Å². The smallest absolute Gasteiger partial charge is 0.341 e. The number of ether oxygens (including phenoxy) is 1. The van der Waals surface area contributed by atoms with Gasteiger partial charge in [-0.3, -0.25) is 0 Å². The van der Waals surface area contributed by atoms with Crippen LogP contribution in [-0.4, -0.2) is 22.2 Å². The van der Waals surface area contributed by atoms with E-state index in [2.05, 4.69) is 5.10 Å². The molecule has 0 aromatic carbocycles. The molecule has 2 N–H and O–H groups in total. The van der Waals surface area contributed by atoms with Gasteiger partial charge in [0.1, 0.15) is 5.56 Å². The maximum atomic E-state index is 11.6. The molecular weight excluding hydrogens is 242 g/mol. The van der Waals surface area contributed by atoms with Crippen LogP contribution in [0.4, 0.5) is 0 Å². The second kappa shape index (κ2) is 5.65. The fraction of sp³-hybridized carbons (Fsp3) is 0.273. The molecule has 0 radical (unpaired) electrons. The van der Waals surface area contributed by atoms with Crippen LogP contribution < -0.4 is 5.73 Å². The minimum atomic E-state index is -0.355. The molecule has 0 saturated heterocycles. The number of nitrogens with two attached hydrogens (primary N) is 1. The van der Waals surface area contributed by atoms with E-state index in [4.69, 9.17) is 10.5 Å². The Bertz CT molecular complexity index is 524. The van der Waals surface area contributed by atoms with Crippen LogP contribution in [0, 0.1) is 0 Å². The molecule has 0 amide bonds. The van der Waals surface area contributed by atoms with Gasteiger partial charge < -0.3 is 10.5 Å². The van der Waals surface area contributed by atoms with Gasteiger partial charge in [-0.05, 0) is 24.6 Å². The number of carbonyl (C=O) groups excluding carboxylic acids is 1. The number of esters is 1. The molecule has 2 rings (SSSR count). The van der Waals surface area contributed by atoms with Crippen LogP contribution in [0.5, 0.6) is 0 Å². The minimum absolute atomic E-state index is 0. The van der Waals surface area contributed by atoms with E-state index >= 15 is 0 Å². The highest BCUT2D eigenvalue weighted by Crippen LogP contribution is 2.13. The third-order valence-electron chi connectivity index (χ3n) is 2.32. The van der Waals surface area contributed by atoms with Gasteiger partial charge in [-0.2, -0.15) is 5.10 Å². The molecule has 2 aromatic rings. The Labute approximate surface area is 105 Å². The van der Waals surface area contributed by atoms with Crippen LogP contribution >= 0.6 is 12.4 Å². The van der Waals surface area contributed by atoms with Gasteiger partial charge >= 0.3 is 5.97 Å². The van der Waals surface area contributed by atoms with Gasteiger partial charge in [0.05, 0.1) is 18.3 Å². The number of pyridine rings is 1. The molecule has 0 atom stereocenters. The highest BCUT2D eigenvalue weighted by molar-refractivity contribution is 5.96. The lowest BCUT2D eigenvalue weighted by Gasteiger charge is -2.01. The maximum absolute atomic E-state index is 11.6. The lowest BCUT2D eigenvalue weighted by molar-refractivity contribution is 0.0528. The fourth-order valence-electron chi connectivity index (χ4n) is 1.52. The van der Waals surface area contributed by atoms with Crippen molar-refractivity contribution in [3.8, 4) is 0 Å². The molecule has 0 aliphatic carbocycles. The second-order valence-corrected chi connectivity index (χ2v) is 3.35. The highest BCUT2D eigenvalue weighted by Gasteiger charge is 2.13. The Morgan fingerprint density at radius 3 is 3.00 bits per heavy atom. The molecule has 0 unspecified atom stereocenters. The van der Waals surface area contributed by atoms with Crippen LogP contribution in [0.15, 0.2) is 24.5 Å². The molecule has 92 valence electrons. The summed E-state index contributed by atoms with van der Waals surface area (Å²) in [5.74, 6) is -0.355. The molecule has 2 aromatic heterocycles. The lowest BCUT2D eigenvalue weighted by Crippen LogP contribution is -2.04. The van der Waals surface area contributed by atoms with Crippen molar-refractivity contribution >= 4 is 23.9 Å². The fourth-order valence-corrected chi connectivity index (χ4v) is 1.52. The van der Waals surface area contributed by atoms with Gasteiger partial charge in [-0.15, -0.1) is 12.4 Å². The molecule has 0 fully saturated rings. The van der Waals surface area contributed by atoms with E-state index in [9.17, 15) is 4.79 Å². The third-order valence-corrected chi connectivity index (χ3v) is 2.32. The minimum Gasteiger partial charge on any atom is -0.462 e. The molecule has 5 nitrogen and oxygen atoms in total. The van der Waals surface area contributed by atoms with Crippen molar-refractivity contribution in [2.45, 2.75) is 13.5 Å². The standard InChI is InChI=1S/C11H13N3O2.ClH/c1-2-16-11(15)9-7-13-14-4-3-8(6-12)5-10(9)14;/h3-5,7H,2,6,12H2,1H3;1H. The van der Waals surface area contributed by atoms with Crippen molar-refractivity contribution < 1.29 is 9.53 Å². The number of rotatable bonds is 3. The monoisotopic (exact) mass is 255 g/mol. The third kappa shape index (κ3) is 2.57. The van der Waals surface area contributed by atoms with E-state index in [1.165, 1.54) is 6.20 Å². The zero-order valence-corrected chi connectivity index (χ0v) is 10.2. The molecule has 17 heavy (non-hydrogen) atoms. The molecule has 0 aliphatic rings. The Hall–Kier alpha value is -1.59. The summed E-state index contributed by atoms with van der Waals surface area (Å²) in [5, 5.41) is 4.07. The number of nitrogens with zero attached hydrogens (tertiary/aromatic N) is 2. The predicted octanol–water partition coefficient (Wildman–Crippen LogP) is 1.39. The Balaban J connectivity index is 0.00000144. The van der Waals surface area contributed by atoms with E-state index in [-0.39, 0.29) is 18.4 Å². The number of carbonyl (C=O) groups is 1. The summed E-state index contributed by atoms with van der Waals surface area (Å²) in [6.07, 6.45) is 3.29. The van der Waals surface area contributed by atoms with Gasteiger partial charge in [0, 0.05) is 12.7 Å². The van der Waals surface area contributed by atoms with Crippen LogP contribution in [0.2, 0.25) is 0 Å². The average Bonchev–Trinajstić information content (AvgIpc) is 2.71. The highest BCUT2D eigenvalue weighted by atomic mass is 35.5. The second-order valence-electron chi connectivity index (χ2n) is 3.35. The molecule has 0 saturated carbocycles. The van der Waals surface area contributed by atoms with E-state index in [1.807, 2.05) is 12.1 Å². The van der Waals surface area contributed by atoms with Crippen molar-refractivity contribution in [2.24, 2.45) is 5.73 Å². The molecular formula is C11H14ClN3O2. The number of hydrogen-bond donors (Lipinski definition) is 1. The van der Waals surface area contributed by atoms with Gasteiger partial charge in [0.2, 0.25) is 0 Å². The summed E-state index contributed by atoms with van der Waals surface area (Å²) < 4.78 is 6.57. The van der Waals surface area contributed by atoms with Crippen molar-refractivity contribution in [1.29, 1.82) is 0 Å². The van der Waals surface area contributed by atoms with Crippen LogP contribution in [0.3, 0.4) is 0 Å². The molecule has 6 heteroatoms. The van der Waals surface area contributed by atoms with Gasteiger partial charge in [0.25, 0.3) is 0 Å². The molecule has 2 heterocycles. The van der Waals surface area contributed by atoms with Crippen LogP contribution in [-0.2, 0) is 11.3 Å². The number of aromatic nitrogens is 2. The molecule has 0 spiro atoms. The van der Waals surface area contributed by atoms with Crippen molar-refractivity contribution in [2.75, 3.05) is 6.61 Å². The van der Waals surface area contributed by atoms with Crippen molar-refractivity contribution in [3.63, 3.8) is 0 Å². The topological polar surface area (TPSA) is 69.6 Å². The van der Waals surface area contributed by atoms with Gasteiger partial charge in [0.15, 0.2) is 0 Å². The van der Waals surface area contributed by atoms with E-state index in [1.54, 1.807) is 17.6 Å². The summed E-state index contributed by atoms with van der Waals surface area (Å²) >= 11 is 0. The van der Waals surface area contributed by atoms with Gasteiger partial charge in [-0.1, -0.05) is 0 Å². The van der Waals surface area contributed by atoms with Crippen LogP contribution in [0.1, 0.15) is 22.8 Å². The summed E-state index contributed by atoms with van der Waals surface area (Å²) in [6.45, 7) is 2.56. The van der Waals surface area contributed by atoms with E-state index in [0.717, 1.165) is 11.1 Å². The van der Waals surface area contributed by atoms with Crippen molar-refractivity contribution in [3.05, 3.63) is 35.7 Å². The first kappa shape index (κ1) is 13.5. The quantitative estimate of drug-likeness (QED) is 0.842. The maximum Gasteiger partial charge on any atom is 0.341 e. The molecule has 0 aliphatic heterocycles. The predicted molar refractivity (Wildman–Crippen MR) is 66.3 cm³/mol. The summed E-state index contributed by atoms with van der Waals surface area (Å²) in [5.41, 5.74) is 7.70. The van der Waals surface area contributed by atoms with Crippen molar-refractivity contribution in [1.82, 2.24) is 9.61 Å². The van der Waals surface area contributed by atoms with E-state index < -0.39 is 0 Å². The lowest BCUT2D eigenvalue weighted by atomic mass is 10.2. The zero-order chi connectivity index (χ0) is 11.5. The Kier molecular flexibility index (Phi) is 4.48. The summed E-state index contributed by atoms with van der Waals surface area (Å²) in [7, 11) is 0. The zero-order valence-electron chi connectivity index (χ0n) is 9.42. The average molecular weight is 256 g/mol. The Morgan fingerprint density at radius 2 is 2.35 bits per heavy atom. The molecule has 0 bridgehead atoms. The number of hydrogen-bond acceptors (Lipinski definition) is 4. The first-order valence-corrected chi connectivity index (χ1v) is 5.09. The normalized spacial score (nSPS) is 10.0. The number of fused-ring (bicyclic) bond motifs is 1. The van der Waals surface area contributed by atoms with Gasteiger partial charge in [-0.25, -0.2) is 9.31 Å². The summed E-state index contributed by atoms with van der Waals surface area (Å²) in [6, 6.07) is 3.72. The first-order valence-electron chi connectivity index (χ1n) is 5.09. The van der Waals surface area contributed by atoms with Crippen LogP contribution in [0.25, 0.3) is 5.52 Å². The first-order chi connectivity index (χ1) is 7.76. The SMILES string of the molecule is CCOC(=O)c1cnn2ccc(CN)cc12.Cl. The summed E-state index contributed by atoms with van der Waals surface area (Å²) in [4.78, 5) is 11.6. The largest absolute Gasteiger partial charge is 0.462 e.